The Labute approximate surface area is 144 Å². The van der Waals surface area contributed by atoms with Gasteiger partial charge in [-0.15, -0.1) is 0 Å². The van der Waals surface area contributed by atoms with Crippen LogP contribution in [0.3, 0.4) is 0 Å². The maximum atomic E-state index is 12.2. The summed E-state index contributed by atoms with van der Waals surface area (Å²) < 4.78 is 29.6. The number of hydrogen-bond donors (Lipinski definition) is 2. The van der Waals surface area contributed by atoms with Crippen molar-refractivity contribution < 1.29 is 18.3 Å². The topological polar surface area (TPSA) is 93.2 Å². The van der Waals surface area contributed by atoms with E-state index in [0.717, 1.165) is 4.57 Å². The van der Waals surface area contributed by atoms with Gasteiger partial charge in [-0.3, -0.25) is 19.1 Å². The quantitative estimate of drug-likeness (QED) is 0.726. The lowest BCUT2D eigenvalue weighted by molar-refractivity contribution is -0.116. The van der Waals surface area contributed by atoms with Gasteiger partial charge >= 0.3 is 12.3 Å². The van der Waals surface area contributed by atoms with E-state index in [0.29, 0.717) is 11.2 Å². The van der Waals surface area contributed by atoms with Gasteiger partial charge in [-0.05, 0) is 36.4 Å². The molecule has 26 heavy (non-hydrogen) atoms. The molecule has 1 amide bonds. The minimum absolute atomic E-state index is 0.0409. The normalized spacial score (nSPS) is 10.9. The average Bonchev–Trinajstić information content (AvgIpc) is 2.60. The fourth-order valence-electron chi connectivity index (χ4n) is 2.46. The molecule has 9 heteroatoms. The molecule has 0 fully saturated rings. The van der Waals surface area contributed by atoms with Crippen molar-refractivity contribution in [3.8, 4) is 5.75 Å². The molecule has 2 aromatic carbocycles. The zero-order valence-electron chi connectivity index (χ0n) is 13.2. The van der Waals surface area contributed by atoms with Crippen molar-refractivity contribution in [3.63, 3.8) is 0 Å². The van der Waals surface area contributed by atoms with Gasteiger partial charge in [0.05, 0.1) is 10.9 Å². The van der Waals surface area contributed by atoms with Crippen molar-refractivity contribution in [1.29, 1.82) is 0 Å². The third-order valence-electron chi connectivity index (χ3n) is 3.57. The summed E-state index contributed by atoms with van der Waals surface area (Å²) in [7, 11) is 0. The monoisotopic (exact) mass is 361 g/mol. The zero-order valence-corrected chi connectivity index (χ0v) is 13.2. The molecule has 0 aliphatic heterocycles. The smallest absolute Gasteiger partial charge is 0.387 e. The number of aromatic amines is 1. The number of alkyl halides is 2. The molecule has 1 heterocycles. The first kappa shape index (κ1) is 17.3. The minimum Gasteiger partial charge on any atom is -0.435 e. The first-order chi connectivity index (χ1) is 12.4. The second-order valence-corrected chi connectivity index (χ2v) is 5.31. The summed E-state index contributed by atoms with van der Waals surface area (Å²) in [5.41, 5.74) is -0.558. The van der Waals surface area contributed by atoms with Crippen LogP contribution >= 0.6 is 0 Å². The number of rotatable bonds is 5. The van der Waals surface area contributed by atoms with Crippen LogP contribution in [0.15, 0.2) is 58.1 Å². The predicted molar refractivity (Wildman–Crippen MR) is 90.5 cm³/mol. The number of aromatic nitrogens is 2. The Hall–Kier alpha value is -3.49. The van der Waals surface area contributed by atoms with E-state index < -0.39 is 23.8 Å². The summed E-state index contributed by atoms with van der Waals surface area (Å²) in [4.78, 5) is 38.2. The first-order valence-corrected chi connectivity index (χ1v) is 7.50. The number of amides is 1. The number of nitrogens with one attached hydrogen (secondary N) is 2. The van der Waals surface area contributed by atoms with E-state index in [-0.39, 0.29) is 17.7 Å². The van der Waals surface area contributed by atoms with Crippen molar-refractivity contribution in [1.82, 2.24) is 9.55 Å². The third-order valence-corrected chi connectivity index (χ3v) is 3.57. The number of para-hydroxylation sites is 1. The van der Waals surface area contributed by atoms with Gasteiger partial charge in [0.15, 0.2) is 0 Å². The fraction of sp³-hybridized carbons (Fsp3) is 0.118. The van der Waals surface area contributed by atoms with Crippen LogP contribution in [0.25, 0.3) is 10.9 Å². The van der Waals surface area contributed by atoms with Crippen molar-refractivity contribution in [2.75, 3.05) is 5.32 Å². The van der Waals surface area contributed by atoms with Crippen LogP contribution in [0.1, 0.15) is 0 Å². The maximum absolute atomic E-state index is 12.2. The van der Waals surface area contributed by atoms with Gasteiger partial charge in [-0.1, -0.05) is 12.1 Å². The highest BCUT2D eigenvalue weighted by atomic mass is 19.3. The first-order valence-electron chi connectivity index (χ1n) is 7.50. The van der Waals surface area contributed by atoms with Gasteiger partial charge in [-0.2, -0.15) is 8.78 Å². The van der Waals surface area contributed by atoms with Crippen LogP contribution in [-0.2, 0) is 11.3 Å². The molecule has 0 aliphatic carbocycles. The summed E-state index contributed by atoms with van der Waals surface area (Å²) in [6.45, 7) is -3.26. The number of hydrogen-bond acceptors (Lipinski definition) is 4. The van der Waals surface area contributed by atoms with Gasteiger partial charge in [0, 0.05) is 5.69 Å². The van der Waals surface area contributed by atoms with E-state index in [1.54, 1.807) is 24.3 Å². The Morgan fingerprint density at radius 1 is 1.12 bits per heavy atom. The van der Waals surface area contributed by atoms with Crippen LogP contribution in [0, 0.1) is 0 Å². The molecule has 134 valence electrons. The summed E-state index contributed by atoms with van der Waals surface area (Å²) in [6, 6.07) is 11.8. The van der Waals surface area contributed by atoms with Crippen molar-refractivity contribution in [2.24, 2.45) is 0 Å². The lowest BCUT2D eigenvalue weighted by Gasteiger charge is -2.10. The molecule has 1 aromatic heterocycles. The standard InChI is InChI=1S/C17H13F2N3O4/c18-16(19)26-11-7-5-10(6-8-11)20-14(23)9-22-13-4-2-1-3-12(13)15(24)21-17(22)25/h1-8,16H,9H2,(H,20,23)(H,21,24,25). The second kappa shape index (κ2) is 7.18. The van der Waals surface area contributed by atoms with Gasteiger partial charge in [0.2, 0.25) is 5.91 Å². The van der Waals surface area contributed by atoms with E-state index in [9.17, 15) is 23.2 Å². The Morgan fingerprint density at radius 2 is 1.81 bits per heavy atom. The highest BCUT2D eigenvalue weighted by Gasteiger charge is 2.11. The molecule has 0 unspecified atom stereocenters. The van der Waals surface area contributed by atoms with E-state index in [4.69, 9.17) is 0 Å². The fourth-order valence-corrected chi connectivity index (χ4v) is 2.46. The van der Waals surface area contributed by atoms with Crippen LogP contribution < -0.4 is 21.3 Å². The average molecular weight is 361 g/mol. The largest absolute Gasteiger partial charge is 0.435 e. The Bertz CT molecular complexity index is 1060. The van der Waals surface area contributed by atoms with Crippen molar-refractivity contribution in [3.05, 3.63) is 69.4 Å². The molecule has 0 spiro atoms. The molecule has 0 saturated heterocycles. The molecule has 0 bridgehead atoms. The molecule has 3 aromatic rings. The lowest BCUT2D eigenvalue weighted by Crippen LogP contribution is -2.33. The molecule has 0 aliphatic rings. The lowest BCUT2D eigenvalue weighted by atomic mass is 10.2. The summed E-state index contributed by atoms with van der Waals surface area (Å²) in [5.74, 6) is -0.562. The van der Waals surface area contributed by atoms with Crippen molar-refractivity contribution >= 4 is 22.5 Å². The number of halogens is 2. The van der Waals surface area contributed by atoms with Gasteiger partial charge in [0.25, 0.3) is 5.56 Å². The van der Waals surface area contributed by atoms with E-state index in [1.165, 1.54) is 24.3 Å². The molecular weight excluding hydrogens is 348 g/mol. The molecule has 7 nitrogen and oxygen atoms in total. The number of H-pyrrole nitrogens is 1. The second-order valence-electron chi connectivity index (χ2n) is 5.31. The van der Waals surface area contributed by atoms with Crippen molar-refractivity contribution in [2.45, 2.75) is 13.2 Å². The maximum Gasteiger partial charge on any atom is 0.387 e. The minimum atomic E-state index is -2.93. The predicted octanol–water partition coefficient (Wildman–Crippen LogP) is 1.93. The molecule has 0 radical (unpaired) electrons. The number of anilines is 1. The summed E-state index contributed by atoms with van der Waals surface area (Å²) >= 11 is 0. The van der Waals surface area contributed by atoms with Crippen LogP contribution in [-0.4, -0.2) is 22.1 Å². The molecule has 3 rings (SSSR count). The van der Waals surface area contributed by atoms with E-state index in [2.05, 4.69) is 15.0 Å². The highest BCUT2D eigenvalue weighted by molar-refractivity contribution is 5.91. The number of nitrogens with zero attached hydrogens (tertiary/aromatic N) is 1. The Kier molecular flexibility index (Phi) is 4.78. The summed E-state index contributed by atoms with van der Waals surface area (Å²) in [6.07, 6.45) is 0. The Balaban J connectivity index is 1.80. The molecule has 2 N–H and O–H groups in total. The van der Waals surface area contributed by atoms with Gasteiger partial charge < -0.3 is 10.1 Å². The van der Waals surface area contributed by atoms with Crippen LogP contribution in [0.2, 0.25) is 0 Å². The summed E-state index contributed by atoms with van der Waals surface area (Å²) in [5, 5.41) is 2.83. The number of carbonyl (C=O) groups excluding carboxylic acids is 1. The molecule has 0 saturated carbocycles. The SMILES string of the molecule is O=C(Cn1c(=O)[nH]c(=O)c2ccccc21)Nc1ccc(OC(F)F)cc1. The van der Waals surface area contributed by atoms with Gasteiger partial charge in [0.1, 0.15) is 12.3 Å². The van der Waals surface area contributed by atoms with Gasteiger partial charge in [-0.25, -0.2) is 4.79 Å². The third kappa shape index (κ3) is 3.77. The highest BCUT2D eigenvalue weighted by Crippen LogP contribution is 2.17. The Morgan fingerprint density at radius 3 is 2.50 bits per heavy atom. The molecular formula is C17H13F2N3O4. The van der Waals surface area contributed by atoms with E-state index in [1.807, 2.05) is 0 Å². The number of benzene rings is 2. The van der Waals surface area contributed by atoms with Crippen LogP contribution in [0.5, 0.6) is 5.75 Å². The van der Waals surface area contributed by atoms with E-state index >= 15 is 0 Å². The zero-order chi connectivity index (χ0) is 18.7. The number of ether oxygens (including phenoxy) is 1. The molecule has 0 atom stereocenters. The van der Waals surface area contributed by atoms with Crippen LogP contribution in [0.4, 0.5) is 14.5 Å². The number of fused-ring (bicyclic) bond motifs is 1. The number of carbonyl (C=O) groups is 1.